The number of carbonyl (C=O) groups is 2. The fourth-order valence-corrected chi connectivity index (χ4v) is 2.99. The predicted octanol–water partition coefficient (Wildman–Crippen LogP) is 3.24. The van der Waals surface area contributed by atoms with Crippen LogP contribution in [0.4, 0.5) is 4.79 Å². The maximum Gasteiger partial charge on any atom is 0.317 e. The van der Waals surface area contributed by atoms with Crippen LogP contribution in [0.5, 0.6) is 0 Å². The zero-order valence-electron chi connectivity index (χ0n) is 13.8. The number of nitrogens with one attached hydrogen (secondary N) is 1. The average molecular weight is 298 g/mol. The molecule has 2 atom stereocenters. The summed E-state index contributed by atoms with van der Waals surface area (Å²) < 4.78 is 0. The number of aliphatic carboxylic acids is 1. The predicted molar refractivity (Wildman–Crippen MR) is 83.3 cm³/mol. The second-order valence-corrected chi connectivity index (χ2v) is 7.08. The number of likely N-dealkylation sites (tertiary alicyclic amines) is 1. The Morgan fingerprint density at radius 3 is 2.29 bits per heavy atom. The van der Waals surface area contributed by atoms with E-state index in [0.29, 0.717) is 25.0 Å². The zero-order valence-corrected chi connectivity index (χ0v) is 13.8. The number of hydrogen-bond acceptors (Lipinski definition) is 2. The molecule has 2 amide bonds. The molecule has 0 spiro atoms. The van der Waals surface area contributed by atoms with Gasteiger partial charge in [-0.2, -0.15) is 0 Å². The van der Waals surface area contributed by atoms with Crippen molar-refractivity contribution in [2.45, 2.75) is 78.3 Å². The first-order valence-corrected chi connectivity index (χ1v) is 8.01. The van der Waals surface area contributed by atoms with Gasteiger partial charge >= 0.3 is 12.0 Å². The van der Waals surface area contributed by atoms with Crippen molar-refractivity contribution in [2.24, 2.45) is 5.41 Å². The summed E-state index contributed by atoms with van der Waals surface area (Å²) in [5, 5.41) is 11.7. The molecule has 122 valence electrons. The van der Waals surface area contributed by atoms with Crippen LogP contribution in [0.3, 0.4) is 0 Å². The van der Waals surface area contributed by atoms with E-state index in [1.807, 2.05) is 18.7 Å². The number of nitrogens with zero attached hydrogens (tertiary/aromatic N) is 1. The fraction of sp³-hybridized carbons (Fsp3) is 0.875. The van der Waals surface area contributed by atoms with E-state index in [9.17, 15) is 9.59 Å². The van der Waals surface area contributed by atoms with Gasteiger partial charge in [0.15, 0.2) is 0 Å². The van der Waals surface area contributed by atoms with Gasteiger partial charge < -0.3 is 15.3 Å². The van der Waals surface area contributed by atoms with Gasteiger partial charge in [0, 0.05) is 25.0 Å². The molecule has 1 aliphatic rings. The summed E-state index contributed by atoms with van der Waals surface area (Å²) in [7, 11) is 0. The van der Waals surface area contributed by atoms with Crippen LogP contribution >= 0.6 is 0 Å². The first-order chi connectivity index (χ1) is 9.73. The third-order valence-corrected chi connectivity index (χ3v) is 4.52. The topological polar surface area (TPSA) is 69.6 Å². The minimum Gasteiger partial charge on any atom is -0.481 e. The largest absolute Gasteiger partial charge is 0.481 e. The SMILES string of the molecule is CC1CCCC(C)N1C(=O)NCCC(C)(C)CCC(=O)O. The molecule has 0 saturated carbocycles. The molecular formula is C16H30N2O3. The van der Waals surface area contributed by atoms with E-state index in [-0.39, 0.29) is 17.9 Å². The van der Waals surface area contributed by atoms with Crippen molar-refractivity contribution in [3.05, 3.63) is 0 Å². The number of urea groups is 1. The van der Waals surface area contributed by atoms with E-state index in [4.69, 9.17) is 5.11 Å². The third kappa shape index (κ3) is 5.94. The molecule has 0 aliphatic carbocycles. The van der Waals surface area contributed by atoms with Crippen molar-refractivity contribution < 1.29 is 14.7 Å². The molecule has 2 N–H and O–H groups in total. The molecule has 21 heavy (non-hydrogen) atoms. The Kier molecular flexibility index (Phi) is 6.49. The van der Waals surface area contributed by atoms with Crippen LogP contribution in [0.25, 0.3) is 0 Å². The number of piperidine rings is 1. The maximum atomic E-state index is 12.3. The van der Waals surface area contributed by atoms with E-state index in [0.717, 1.165) is 19.3 Å². The quantitative estimate of drug-likeness (QED) is 0.791. The lowest BCUT2D eigenvalue weighted by Crippen LogP contribution is -2.52. The Bertz CT molecular complexity index is 359. The zero-order chi connectivity index (χ0) is 16.0. The van der Waals surface area contributed by atoms with Gasteiger partial charge in [-0.15, -0.1) is 0 Å². The molecule has 0 aromatic rings. The second kappa shape index (κ2) is 7.66. The van der Waals surface area contributed by atoms with E-state index < -0.39 is 5.97 Å². The molecule has 5 heteroatoms. The highest BCUT2D eigenvalue weighted by molar-refractivity contribution is 5.75. The number of carboxylic acid groups (broad SMARTS) is 1. The Morgan fingerprint density at radius 1 is 1.19 bits per heavy atom. The van der Waals surface area contributed by atoms with E-state index in [1.165, 1.54) is 6.42 Å². The first kappa shape index (κ1) is 17.8. The first-order valence-electron chi connectivity index (χ1n) is 8.01. The molecule has 0 aromatic heterocycles. The Labute approximate surface area is 128 Å². The van der Waals surface area contributed by atoms with Crippen LogP contribution in [0, 0.1) is 5.41 Å². The molecule has 0 radical (unpaired) electrons. The van der Waals surface area contributed by atoms with Crippen LogP contribution in [0.1, 0.15) is 66.2 Å². The molecule has 5 nitrogen and oxygen atoms in total. The summed E-state index contributed by atoms with van der Waals surface area (Å²) in [5.74, 6) is -0.761. The van der Waals surface area contributed by atoms with Gasteiger partial charge in [0.2, 0.25) is 0 Å². The molecule has 1 aliphatic heterocycles. The number of carbonyl (C=O) groups excluding carboxylic acids is 1. The molecule has 2 unspecified atom stereocenters. The molecule has 1 rings (SSSR count). The monoisotopic (exact) mass is 298 g/mol. The summed E-state index contributed by atoms with van der Waals surface area (Å²) in [5.41, 5.74) is -0.0647. The van der Waals surface area contributed by atoms with E-state index in [1.54, 1.807) is 0 Å². The maximum absolute atomic E-state index is 12.3. The van der Waals surface area contributed by atoms with Crippen LogP contribution in [0.15, 0.2) is 0 Å². The normalized spacial score (nSPS) is 23.0. The standard InChI is InChI=1S/C16H30N2O3/c1-12-6-5-7-13(2)18(12)15(21)17-11-10-16(3,4)9-8-14(19)20/h12-13H,5-11H2,1-4H3,(H,17,21)(H,19,20). The van der Waals surface area contributed by atoms with Gasteiger partial charge in [0.25, 0.3) is 0 Å². The van der Waals surface area contributed by atoms with Crippen LogP contribution in [-0.4, -0.2) is 40.6 Å². The van der Waals surface area contributed by atoms with Gasteiger partial charge in [0.1, 0.15) is 0 Å². The number of carboxylic acids is 1. The fourth-order valence-electron chi connectivity index (χ4n) is 2.99. The van der Waals surface area contributed by atoms with E-state index >= 15 is 0 Å². The lowest BCUT2D eigenvalue weighted by Gasteiger charge is -2.39. The summed E-state index contributed by atoms with van der Waals surface area (Å²) >= 11 is 0. The minimum absolute atomic E-state index is 0.0173. The lowest BCUT2D eigenvalue weighted by atomic mass is 9.84. The van der Waals surface area contributed by atoms with Crippen LogP contribution in [-0.2, 0) is 4.79 Å². The summed E-state index contributed by atoms with van der Waals surface area (Å²) in [6, 6.07) is 0.617. The van der Waals surface area contributed by atoms with Gasteiger partial charge in [0.05, 0.1) is 0 Å². The molecule has 1 saturated heterocycles. The Morgan fingerprint density at radius 2 is 1.76 bits per heavy atom. The van der Waals surface area contributed by atoms with Crippen molar-refractivity contribution in [2.75, 3.05) is 6.54 Å². The Hall–Kier alpha value is -1.26. The van der Waals surface area contributed by atoms with Crippen molar-refractivity contribution in [1.82, 2.24) is 10.2 Å². The second-order valence-electron chi connectivity index (χ2n) is 7.08. The number of hydrogen-bond donors (Lipinski definition) is 2. The van der Waals surface area contributed by atoms with Crippen molar-refractivity contribution in [1.29, 1.82) is 0 Å². The summed E-state index contributed by atoms with van der Waals surface area (Å²) in [6.45, 7) is 8.90. The van der Waals surface area contributed by atoms with Crippen molar-refractivity contribution in [3.63, 3.8) is 0 Å². The van der Waals surface area contributed by atoms with Crippen molar-refractivity contribution >= 4 is 12.0 Å². The highest BCUT2D eigenvalue weighted by Crippen LogP contribution is 2.26. The molecule has 0 bridgehead atoms. The summed E-state index contributed by atoms with van der Waals surface area (Å²) in [6.07, 6.45) is 4.94. The van der Waals surface area contributed by atoms with Gasteiger partial charge in [-0.3, -0.25) is 4.79 Å². The Balaban J connectivity index is 2.37. The minimum atomic E-state index is -0.761. The van der Waals surface area contributed by atoms with Crippen LogP contribution in [0.2, 0.25) is 0 Å². The van der Waals surface area contributed by atoms with Crippen LogP contribution < -0.4 is 5.32 Å². The molecular weight excluding hydrogens is 268 g/mol. The highest BCUT2D eigenvalue weighted by Gasteiger charge is 2.29. The smallest absolute Gasteiger partial charge is 0.317 e. The highest BCUT2D eigenvalue weighted by atomic mass is 16.4. The molecule has 1 fully saturated rings. The van der Waals surface area contributed by atoms with Gasteiger partial charge in [-0.05, 0) is 51.4 Å². The third-order valence-electron chi connectivity index (χ3n) is 4.52. The number of rotatable bonds is 6. The summed E-state index contributed by atoms with van der Waals surface area (Å²) in [4.78, 5) is 24.9. The van der Waals surface area contributed by atoms with Gasteiger partial charge in [-0.1, -0.05) is 13.8 Å². The molecule has 0 aromatic carbocycles. The lowest BCUT2D eigenvalue weighted by molar-refractivity contribution is -0.137. The number of amides is 2. The average Bonchev–Trinajstić information content (AvgIpc) is 2.36. The molecule has 1 heterocycles. The van der Waals surface area contributed by atoms with Gasteiger partial charge in [-0.25, -0.2) is 4.79 Å². The van der Waals surface area contributed by atoms with Crippen molar-refractivity contribution in [3.8, 4) is 0 Å². The van der Waals surface area contributed by atoms with E-state index in [2.05, 4.69) is 19.2 Å².